The van der Waals surface area contributed by atoms with Gasteiger partial charge in [0.25, 0.3) is 0 Å². The van der Waals surface area contributed by atoms with E-state index in [0.29, 0.717) is 6.04 Å². The lowest BCUT2D eigenvalue weighted by Gasteiger charge is -2.31. The summed E-state index contributed by atoms with van der Waals surface area (Å²) in [5, 5.41) is 3.60. The molecular formula is C14H24N4. The average molecular weight is 248 g/mol. The fourth-order valence-electron chi connectivity index (χ4n) is 2.27. The van der Waals surface area contributed by atoms with Gasteiger partial charge in [-0.2, -0.15) is 0 Å². The first-order chi connectivity index (χ1) is 8.74. The zero-order valence-corrected chi connectivity index (χ0v) is 11.4. The minimum Gasteiger partial charge on any atom is -0.347 e. The lowest BCUT2D eigenvalue weighted by Crippen LogP contribution is -2.42. The SMILES string of the molecule is CC(C)=CCN1CCC(NCc2cnc[nH]2)CC1. The Kier molecular flexibility index (Phi) is 4.96. The minimum atomic E-state index is 0.649. The second-order valence-corrected chi connectivity index (χ2v) is 5.31. The number of imidazole rings is 1. The van der Waals surface area contributed by atoms with Crippen LogP contribution in [0.1, 0.15) is 32.4 Å². The molecule has 0 bridgehead atoms. The Labute approximate surface area is 109 Å². The van der Waals surface area contributed by atoms with Crippen molar-refractivity contribution in [2.24, 2.45) is 0 Å². The number of hydrogen-bond acceptors (Lipinski definition) is 3. The maximum Gasteiger partial charge on any atom is 0.0922 e. The average Bonchev–Trinajstić information content (AvgIpc) is 2.88. The molecule has 0 radical (unpaired) electrons. The highest BCUT2D eigenvalue weighted by Crippen LogP contribution is 2.11. The normalized spacial score (nSPS) is 17.9. The summed E-state index contributed by atoms with van der Waals surface area (Å²) in [7, 11) is 0. The summed E-state index contributed by atoms with van der Waals surface area (Å²) in [5.74, 6) is 0. The molecule has 4 nitrogen and oxygen atoms in total. The molecule has 0 spiro atoms. The third-order valence-corrected chi connectivity index (χ3v) is 3.48. The Morgan fingerprint density at radius 2 is 2.28 bits per heavy atom. The Hall–Kier alpha value is -1.13. The van der Waals surface area contributed by atoms with E-state index in [0.717, 1.165) is 13.1 Å². The topological polar surface area (TPSA) is 44.0 Å². The predicted molar refractivity (Wildman–Crippen MR) is 74.3 cm³/mol. The summed E-state index contributed by atoms with van der Waals surface area (Å²) in [4.78, 5) is 9.68. The summed E-state index contributed by atoms with van der Waals surface area (Å²) < 4.78 is 0. The second-order valence-electron chi connectivity index (χ2n) is 5.31. The molecule has 1 aromatic rings. The Morgan fingerprint density at radius 1 is 1.50 bits per heavy atom. The van der Waals surface area contributed by atoms with Crippen molar-refractivity contribution < 1.29 is 0 Å². The van der Waals surface area contributed by atoms with Crippen LogP contribution in [0.15, 0.2) is 24.2 Å². The van der Waals surface area contributed by atoms with Crippen molar-refractivity contribution in [3.63, 3.8) is 0 Å². The van der Waals surface area contributed by atoms with Gasteiger partial charge in [0, 0.05) is 31.0 Å². The van der Waals surface area contributed by atoms with Crippen molar-refractivity contribution in [1.82, 2.24) is 20.2 Å². The maximum atomic E-state index is 4.03. The van der Waals surface area contributed by atoms with Crippen LogP contribution in [-0.2, 0) is 6.54 Å². The maximum absolute atomic E-state index is 4.03. The highest BCUT2D eigenvalue weighted by atomic mass is 15.1. The summed E-state index contributed by atoms with van der Waals surface area (Å²) in [6.45, 7) is 8.74. The minimum absolute atomic E-state index is 0.649. The van der Waals surface area contributed by atoms with Gasteiger partial charge in [-0.1, -0.05) is 11.6 Å². The van der Waals surface area contributed by atoms with Crippen LogP contribution in [0.4, 0.5) is 0 Å². The smallest absolute Gasteiger partial charge is 0.0922 e. The molecule has 2 N–H and O–H groups in total. The molecule has 1 saturated heterocycles. The second kappa shape index (κ2) is 6.71. The molecule has 0 amide bonds. The van der Waals surface area contributed by atoms with Crippen molar-refractivity contribution >= 4 is 0 Å². The zero-order valence-electron chi connectivity index (χ0n) is 11.4. The van der Waals surface area contributed by atoms with Crippen molar-refractivity contribution in [1.29, 1.82) is 0 Å². The molecule has 0 unspecified atom stereocenters. The van der Waals surface area contributed by atoms with Gasteiger partial charge >= 0.3 is 0 Å². The molecule has 2 rings (SSSR count). The number of hydrogen-bond donors (Lipinski definition) is 2. The predicted octanol–water partition coefficient (Wildman–Crippen LogP) is 1.93. The molecule has 0 atom stereocenters. The molecule has 2 heterocycles. The van der Waals surface area contributed by atoms with Crippen molar-refractivity contribution in [3.8, 4) is 0 Å². The van der Waals surface area contributed by atoms with Crippen LogP contribution in [-0.4, -0.2) is 40.5 Å². The van der Waals surface area contributed by atoms with E-state index in [9.17, 15) is 0 Å². The third kappa shape index (κ3) is 4.27. The van der Waals surface area contributed by atoms with Crippen molar-refractivity contribution in [2.75, 3.05) is 19.6 Å². The van der Waals surface area contributed by atoms with Crippen molar-refractivity contribution in [3.05, 3.63) is 29.9 Å². The number of piperidine rings is 1. The van der Waals surface area contributed by atoms with Crippen LogP contribution in [0.5, 0.6) is 0 Å². The molecule has 0 aromatic carbocycles. The van der Waals surface area contributed by atoms with Crippen LogP contribution >= 0.6 is 0 Å². The molecule has 100 valence electrons. The number of aromatic amines is 1. The van der Waals surface area contributed by atoms with Gasteiger partial charge in [0.2, 0.25) is 0 Å². The fraction of sp³-hybridized carbons (Fsp3) is 0.643. The number of allylic oxidation sites excluding steroid dienone is 1. The van der Waals surface area contributed by atoms with Gasteiger partial charge < -0.3 is 10.3 Å². The van der Waals surface area contributed by atoms with E-state index in [2.05, 4.69) is 40.1 Å². The van der Waals surface area contributed by atoms with Gasteiger partial charge in [-0.05, 0) is 39.8 Å². The lowest BCUT2D eigenvalue weighted by molar-refractivity contribution is 0.214. The molecule has 18 heavy (non-hydrogen) atoms. The van der Waals surface area contributed by atoms with E-state index in [-0.39, 0.29) is 0 Å². The number of rotatable bonds is 5. The first-order valence-corrected chi connectivity index (χ1v) is 6.80. The van der Waals surface area contributed by atoms with Gasteiger partial charge in [0.1, 0.15) is 0 Å². The standard InChI is InChI=1S/C14H24N4/c1-12(2)3-6-18-7-4-13(5-8-18)16-10-14-9-15-11-17-14/h3,9,11,13,16H,4-8,10H2,1-2H3,(H,15,17). The summed E-state index contributed by atoms with van der Waals surface area (Å²) >= 11 is 0. The Balaban J connectivity index is 1.65. The van der Waals surface area contributed by atoms with Crippen LogP contribution in [0.25, 0.3) is 0 Å². The molecule has 0 saturated carbocycles. The number of H-pyrrole nitrogens is 1. The van der Waals surface area contributed by atoms with E-state index in [4.69, 9.17) is 0 Å². The lowest BCUT2D eigenvalue weighted by atomic mass is 10.0. The molecule has 1 aliphatic rings. The van der Waals surface area contributed by atoms with Crippen molar-refractivity contribution in [2.45, 2.75) is 39.3 Å². The number of nitrogens with zero attached hydrogens (tertiary/aromatic N) is 2. The molecule has 1 fully saturated rings. The van der Waals surface area contributed by atoms with Gasteiger partial charge in [0.15, 0.2) is 0 Å². The van der Waals surface area contributed by atoms with Crippen LogP contribution in [0.3, 0.4) is 0 Å². The van der Waals surface area contributed by atoms with Crippen LogP contribution in [0.2, 0.25) is 0 Å². The van der Waals surface area contributed by atoms with E-state index >= 15 is 0 Å². The monoisotopic (exact) mass is 248 g/mol. The summed E-state index contributed by atoms with van der Waals surface area (Å²) in [5.41, 5.74) is 2.58. The zero-order chi connectivity index (χ0) is 12.8. The first-order valence-electron chi connectivity index (χ1n) is 6.80. The van der Waals surface area contributed by atoms with E-state index in [1.54, 1.807) is 6.33 Å². The number of nitrogens with one attached hydrogen (secondary N) is 2. The summed E-state index contributed by atoms with van der Waals surface area (Å²) in [6, 6.07) is 0.649. The Morgan fingerprint density at radius 3 is 2.89 bits per heavy atom. The van der Waals surface area contributed by atoms with Gasteiger partial charge in [0.05, 0.1) is 6.33 Å². The van der Waals surface area contributed by atoms with E-state index < -0.39 is 0 Å². The van der Waals surface area contributed by atoms with Gasteiger partial charge in [-0.3, -0.25) is 4.90 Å². The quantitative estimate of drug-likeness (QED) is 0.783. The Bertz CT molecular complexity index is 357. The highest BCUT2D eigenvalue weighted by molar-refractivity contribution is 4.96. The third-order valence-electron chi connectivity index (χ3n) is 3.48. The van der Waals surface area contributed by atoms with Crippen LogP contribution in [0, 0.1) is 0 Å². The van der Waals surface area contributed by atoms with E-state index in [1.165, 1.54) is 37.2 Å². The highest BCUT2D eigenvalue weighted by Gasteiger charge is 2.17. The number of aromatic nitrogens is 2. The molecule has 1 aromatic heterocycles. The molecule has 1 aliphatic heterocycles. The summed E-state index contributed by atoms with van der Waals surface area (Å²) in [6.07, 6.45) is 8.42. The molecule has 0 aliphatic carbocycles. The molecular weight excluding hydrogens is 224 g/mol. The van der Waals surface area contributed by atoms with Gasteiger partial charge in [-0.25, -0.2) is 4.98 Å². The van der Waals surface area contributed by atoms with E-state index in [1.807, 2.05) is 6.20 Å². The fourth-order valence-corrected chi connectivity index (χ4v) is 2.27. The largest absolute Gasteiger partial charge is 0.347 e. The van der Waals surface area contributed by atoms with Crippen LogP contribution < -0.4 is 5.32 Å². The van der Waals surface area contributed by atoms with Gasteiger partial charge in [-0.15, -0.1) is 0 Å². The molecule has 4 heteroatoms. The first kappa shape index (κ1) is 13.3. The number of likely N-dealkylation sites (tertiary alicyclic amines) is 1.